The molecule has 1 aliphatic rings. The number of hydrogen-bond donors (Lipinski definition) is 1. The second-order valence-electron chi connectivity index (χ2n) is 7.31. The topological polar surface area (TPSA) is 74.8 Å². The van der Waals surface area contributed by atoms with Crippen LogP contribution in [0, 0.1) is 0 Å². The summed E-state index contributed by atoms with van der Waals surface area (Å²) in [5.41, 5.74) is -4.58. The van der Waals surface area contributed by atoms with Crippen LogP contribution >= 0.6 is 0 Å². The first kappa shape index (κ1) is 22.8. The summed E-state index contributed by atoms with van der Waals surface area (Å²) in [6.45, 7) is 1.90. The van der Waals surface area contributed by atoms with Crippen LogP contribution in [-0.2, 0) is 12.6 Å². The van der Waals surface area contributed by atoms with Crippen LogP contribution in [0.4, 0.5) is 32.3 Å². The van der Waals surface area contributed by atoms with Crippen molar-refractivity contribution in [1.29, 1.82) is 0 Å². The number of rotatable bonds is 4. The molecule has 2 aromatic heterocycles. The standard InChI is InChI=1S/C21H16F6N4O2/c1-2-12-5-7-13(8-6-12)15-11-19(32,21(25,26)27)31(30-15)18-28-14(16-4-3-9-33-16)10-17(29-18)20(22,23)24/h3-10,32H,2,11H2,1H3/t19-/m1/s1. The van der Waals surface area contributed by atoms with Crippen molar-refractivity contribution in [3.05, 3.63) is 65.5 Å². The second-order valence-corrected chi connectivity index (χ2v) is 7.31. The van der Waals surface area contributed by atoms with E-state index >= 15 is 0 Å². The molecule has 1 aromatic carbocycles. The zero-order chi connectivity index (χ0) is 24.0. The van der Waals surface area contributed by atoms with Gasteiger partial charge in [-0.25, -0.2) is 9.97 Å². The molecule has 0 aliphatic carbocycles. The van der Waals surface area contributed by atoms with E-state index in [0.717, 1.165) is 5.56 Å². The highest BCUT2D eigenvalue weighted by molar-refractivity contribution is 6.03. The monoisotopic (exact) mass is 470 g/mol. The number of aryl methyl sites for hydroxylation is 1. The molecule has 0 unspecified atom stereocenters. The second kappa shape index (κ2) is 7.87. The third-order valence-corrected chi connectivity index (χ3v) is 5.10. The molecule has 0 saturated carbocycles. The number of hydrazone groups is 1. The summed E-state index contributed by atoms with van der Waals surface area (Å²) in [5.74, 6) is -1.20. The number of hydrogen-bond acceptors (Lipinski definition) is 6. The Morgan fingerprint density at radius 2 is 1.76 bits per heavy atom. The van der Waals surface area contributed by atoms with Crippen LogP contribution in [0.15, 0.2) is 58.2 Å². The normalized spacial score (nSPS) is 19.2. The van der Waals surface area contributed by atoms with Crippen molar-refractivity contribution in [1.82, 2.24) is 9.97 Å². The van der Waals surface area contributed by atoms with E-state index in [-0.39, 0.29) is 22.0 Å². The fourth-order valence-corrected chi connectivity index (χ4v) is 3.30. The van der Waals surface area contributed by atoms with Gasteiger partial charge in [-0.05, 0) is 35.7 Å². The summed E-state index contributed by atoms with van der Waals surface area (Å²) in [4.78, 5) is 7.03. The lowest BCUT2D eigenvalue weighted by Crippen LogP contribution is -2.55. The Kier molecular flexibility index (Phi) is 5.43. The molecular weight excluding hydrogens is 454 g/mol. The van der Waals surface area contributed by atoms with Crippen molar-refractivity contribution in [2.45, 2.75) is 37.8 Å². The minimum absolute atomic E-state index is 0.0161. The van der Waals surface area contributed by atoms with Crippen LogP contribution in [0.1, 0.15) is 30.2 Å². The number of nitrogens with zero attached hydrogens (tertiary/aromatic N) is 4. The highest BCUT2D eigenvalue weighted by atomic mass is 19.4. The van der Waals surface area contributed by atoms with Gasteiger partial charge in [0, 0.05) is 0 Å². The lowest BCUT2D eigenvalue weighted by molar-refractivity contribution is -0.254. The average Bonchev–Trinajstić information content (AvgIpc) is 3.41. The third-order valence-electron chi connectivity index (χ3n) is 5.10. The highest BCUT2D eigenvalue weighted by Gasteiger charge is 2.63. The first-order valence-corrected chi connectivity index (χ1v) is 9.68. The number of halogens is 6. The first-order chi connectivity index (χ1) is 15.4. The molecule has 1 atom stereocenters. The molecule has 0 radical (unpaired) electrons. The number of aromatic nitrogens is 2. The van der Waals surface area contributed by atoms with Gasteiger partial charge < -0.3 is 9.52 Å². The van der Waals surface area contributed by atoms with Crippen molar-refractivity contribution < 1.29 is 35.9 Å². The zero-order valence-electron chi connectivity index (χ0n) is 16.9. The number of benzene rings is 1. The van der Waals surface area contributed by atoms with Crippen molar-refractivity contribution in [2.75, 3.05) is 5.01 Å². The lowest BCUT2D eigenvalue weighted by atomic mass is 9.99. The lowest BCUT2D eigenvalue weighted by Gasteiger charge is -2.32. The Morgan fingerprint density at radius 3 is 2.30 bits per heavy atom. The van der Waals surface area contributed by atoms with Crippen LogP contribution in [-0.4, -0.2) is 32.7 Å². The predicted molar refractivity (Wildman–Crippen MR) is 105 cm³/mol. The van der Waals surface area contributed by atoms with Crippen LogP contribution in [0.25, 0.3) is 11.5 Å². The minimum atomic E-state index is -5.29. The predicted octanol–water partition coefficient (Wildman–Crippen LogP) is 5.18. The van der Waals surface area contributed by atoms with Crippen molar-refractivity contribution in [3.8, 4) is 11.5 Å². The summed E-state index contributed by atoms with van der Waals surface area (Å²) in [6.07, 6.45) is -9.46. The van der Waals surface area contributed by atoms with Gasteiger partial charge in [-0.1, -0.05) is 31.2 Å². The van der Waals surface area contributed by atoms with Crippen LogP contribution < -0.4 is 5.01 Å². The molecule has 0 bridgehead atoms. The Balaban J connectivity index is 1.87. The molecule has 0 spiro atoms. The number of furan rings is 1. The summed E-state index contributed by atoms with van der Waals surface area (Å²) in [7, 11) is 0. The average molecular weight is 470 g/mol. The van der Waals surface area contributed by atoms with E-state index in [1.165, 1.54) is 30.5 Å². The maximum Gasteiger partial charge on any atom is 0.438 e. The summed E-state index contributed by atoms with van der Waals surface area (Å²) >= 11 is 0. The number of aliphatic hydroxyl groups is 1. The SMILES string of the molecule is CCc1ccc(C2=NN(c3nc(-c4ccco4)cc(C(F)(F)F)n3)[C@](O)(C(F)(F)F)C2)cc1. The van der Waals surface area contributed by atoms with Gasteiger partial charge in [0.05, 0.1) is 18.4 Å². The quantitative estimate of drug-likeness (QED) is 0.532. The van der Waals surface area contributed by atoms with Gasteiger partial charge in [-0.3, -0.25) is 0 Å². The fraction of sp³-hybridized carbons (Fsp3) is 0.286. The molecule has 1 aliphatic heterocycles. The molecule has 174 valence electrons. The third kappa shape index (κ3) is 4.17. The molecule has 12 heteroatoms. The van der Waals surface area contributed by atoms with E-state index < -0.39 is 41.8 Å². The largest absolute Gasteiger partial charge is 0.463 e. The Morgan fingerprint density at radius 1 is 1.06 bits per heavy atom. The first-order valence-electron chi connectivity index (χ1n) is 9.68. The highest BCUT2D eigenvalue weighted by Crippen LogP contribution is 2.44. The minimum Gasteiger partial charge on any atom is -0.463 e. The van der Waals surface area contributed by atoms with Crippen molar-refractivity contribution >= 4 is 11.7 Å². The Labute approximate surface area is 183 Å². The molecule has 3 heterocycles. The van der Waals surface area contributed by atoms with E-state index in [2.05, 4.69) is 15.1 Å². The van der Waals surface area contributed by atoms with Crippen LogP contribution in [0.2, 0.25) is 0 Å². The van der Waals surface area contributed by atoms with Gasteiger partial charge in [0.25, 0.3) is 5.72 Å². The van der Waals surface area contributed by atoms with Crippen LogP contribution in [0.5, 0.6) is 0 Å². The van der Waals surface area contributed by atoms with Gasteiger partial charge >= 0.3 is 12.4 Å². The van der Waals surface area contributed by atoms with E-state index in [4.69, 9.17) is 4.42 Å². The van der Waals surface area contributed by atoms with E-state index in [9.17, 15) is 31.4 Å². The van der Waals surface area contributed by atoms with E-state index in [1.807, 2.05) is 6.92 Å². The summed E-state index contributed by atoms with van der Waals surface area (Å²) in [6, 6.07) is 9.63. The molecular formula is C21H16F6N4O2. The van der Waals surface area contributed by atoms with Crippen molar-refractivity contribution in [3.63, 3.8) is 0 Å². The molecule has 3 aromatic rings. The molecule has 4 rings (SSSR count). The van der Waals surface area contributed by atoms with Gasteiger partial charge in [0.2, 0.25) is 5.95 Å². The van der Waals surface area contributed by atoms with Gasteiger partial charge in [0.15, 0.2) is 11.5 Å². The number of alkyl halides is 6. The van der Waals surface area contributed by atoms with Gasteiger partial charge in [0.1, 0.15) is 5.69 Å². The molecule has 0 amide bonds. The maximum atomic E-state index is 13.9. The zero-order valence-corrected chi connectivity index (χ0v) is 16.9. The Hall–Kier alpha value is -3.41. The van der Waals surface area contributed by atoms with Gasteiger partial charge in [-0.15, -0.1) is 0 Å². The molecule has 33 heavy (non-hydrogen) atoms. The van der Waals surface area contributed by atoms with Crippen molar-refractivity contribution in [2.24, 2.45) is 5.10 Å². The van der Waals surface area contributed by atoms with E-state index in [1.54, 1.807) is 12.1 Å². The maximum absolute atomic E-state index is 13.9. The molecule has 0 fully saturated rings. The van der Waals surface area contributed by atoms with E-state index in [0.29, 0.717) is 12.5 Å². The fourth-order valence-electron chi connectivity index (χ4n) is 3.30. The number of anilines is 1. The van der Waals surface area contributed by atoms with Gasteiger partial charge in [-0.2, -0.15) is 36.5 Å². The smallest absolute Gasteiger partial charge is 0.438 e. The molecule has 1 N–H and O–H groups in total. The summed E-state index contributed by atoms with van der Waals surface area (Å²) < 4.78 is 87.2. The Bertz CT molecular complexity index is 1170. The molecule has 0 saturated heterocycles. The summed E-state index contributed by atoms with van der Waals surface area (Å²) in [5, 5.41) is 14.4. The van der Waals surface area contributed by atoms with Crippen LogP contribution in [0.3, 0.4) is 0 Å². The molecule has 6 nitrogen and oxygen atoms in total.